The minimum absolute atomic E-state index is 0.0476. The van der Waals surface area contributed by atoms with Crippen LogP contribution in [0.25, 0.3) is 0 Å². The summed E-state index contributed by atoms with van der Waals surface area (Å²) in [5.74, 6) is 0.118. The molecule has 1 amide bonds. The quantitative estimate of drug-likeness (QED) is 0.321. The molecule has 1 aliphatic carbocycles. The van der Waals surface area contributed by atoms with E-state index in [2.05, 4.69) is 5.32 Å². The Kier molecular flexibility index (Phi) is 7.39. The standard InChI is InChI=1S/C28H27N3O7/c32-27(29-17-19-11-14-25-26(15-19)37-18-36-25)23-16-22(31(34)35)12-13-24(23)30(21-9-5-2-6-10-21)38-28(33)20-7-3-1-4-8-20/h1,3-4,7-8,11-16,21H,2,5-6,9-10,17-18H2,(H,29,32). The van der Waals surface area contributed by atoms with Crippen LogP contribution in [0.1, 0.15) is 58.4 Å². The first-order chi connectivity index (χ1) is 18.5. The van der Waals surface area contributed by atoms with Crippen LogP contribution < -0.4 is 19.9 Å². The number of fused-ring (bicyclic) bond motifs is 1. The van der Waals surface area contributed by atoms with E-state index in [9.17, 15) is 19.7 Å². The summed E-state index contributed by atoms with van der Waals surface area (Å²) in [6.07, 6.45) is 4.49. The molecule has 10 nitrogen and oxygen atoms in total. The fraction of sp³-hybridized carbons (Fsp3) is 0.286. The Labute approximate surface area is 219 Å². The number of hydrogen-bond donors (Lipinski definition) is 1. The van der Waals surface area contributed by atoms with E-state index in [1.54, 1.807) is 48.5 Å². The molecular formula is C28H27N3O7. The van der Waals surface area contributed by atoms with Crippen molar-refractivity contribution in [3.05, 3.63) is 93.5 Å². The number of nitrogens with one attached hydrogen (secondary N) is 1. The Bertz CT molecular complexity index is 1340. The predicted molar refractivity (Wildman–Crippen MR) is 138 cm³/mol. The summed E-state index contributed by atoms with van der Waals surface area (Å²) in [5, 5.41) is 15.9. The molecule has 1 N–H and O–H groups in total. The van der Waals surface area contributed by atoms with Gasteiger partial charge >= 0.3 is 5.97 Å². The number of ether oxygens (including phenoxy) is 2. The molecule has 1 aliphatic heterocycles. The zero-order valence-corrected chi connectivity index (χ0v) is 20.6. The minimum atomic E-state index is -0.568. The molecular weight excluding hydrogens is 490 g/mol. The first-order valence-corrected chi connectivity index (χ1v) is 12.5. The number of carbonyl (C=O) groups excluding carboxylic acids is 2. The van der Waals surface area contributed by atoms with E-state index in [1.807, 2.05) is 0 Å². The molecule has 0 radical (unpaired) electrons. The van der Waals surface area contributed by atoms with E-state index in [0.29, 0.717) is 22.7 Å². The maximum Gasteiger partial charge on any atom is 0.363 e. The van der Waals surface area contributed by atoms with Gasteiger partial charge in [-0.3, -0.25) is 14.9 Å². The van der Waals surface area contributed by atoms with Crippen molar-refractivity contribution in [2.75, 3.05) is 11.9 Å². The molecule has 3 aromatic carbocycles. The van der Waals surface area contributed by atoms with E-state index < -0.39 is 16.8 Å². The van der Waals surface area contributed by atoms with Crippen LogP contribution in [0.2, 0.25) is 0 Å². The Balaban J connectivity index is 1.45. The normalized spacial score (nSPS) is 14.5. The van der Waals surface area contributed by atoms with Gasteiger partial charge < -0.3 is 19.6 Å². The fourth-order valence-electron chi connectivity index (χ4n) is 4.69. The third-order valence-electron chi connectivity index (χ3n) is 6.66. The Morgan fingerprint density at radius 3 is 2.50 bits per heavy atom. The number of carbonyl (C=O) groups is 2. The van der Waals surface area contributed by atoms with Gasteiger partial charge in [-0.25, -0.2) is 9.86 Å². The molecule has 1 fully saturated rings. The summed E-state index contributed by atoms with van der Waals surface area (Å²) in [4.78, 5) is 43.4. The van der Waals surface area contributed by atoms with Crippen LogP contribution in [-0.2, 0) is 11.4 Å². The van der Waals surface area contributed by atoms with Crippen LogP contribution in [-0.4, -0.2) is 29.6 Å². The van der Waals surface area contributed by atoms with Crippen molar-refractivity contribution in [3.63, 3.8) is 0 Å². The maximum atomic E-state index is 13.4. The van der Waals surface area contributed by atoms with E-state index in [1.165, 1.54) is 23.3 Å². The van der Waals surface area contributed by atoms with Crippen LogP contribution in [0.4, 0.5) is 11.4 Å². The molecule has 1 heterocycles. The molecule has 3 aromatic rings. The van der Waals surface area contributed by atoms with Crippen LogP contribution >= 0.6 is 0 Å². The van der Waals surface area contributed by atoms with Crippen LogP contribution in [0, 0.1) is 10.1 Å². The second-order valence-corrected chi connectivity index (χ2v) is 9.19. The highest BCUT2D eigenvalue weighted by molar-refractivity contribution is 6.01. The second kappa shape index (κ2) is 11.2. The lowest BCUT2D eigenvalue weighted by Crippen LogP contribution is -2.40. The van der Waals surface area contributed by atoms with E-state index >= 15 is 0 Å². The van der Waals surface area contributed by atoms with Gasteiger partial charge in [-0.05, 0) is 48.7 Å². The van der Waals surface area contributed by atoms with Gasteiger partial charge in [0.05, 0.1) is 27.8 Å². The summed E-state index contributed by atoms with van der Waals surface area (Å²) in [7, 11) is 0. The van der Waals surface area contributed by atoms with Crippen molar-refractivity contribution < 1.29 is 28.8 Å². The number of anilines is 1. The number of non-ortho nitro benzene ring substituents is 1. The summed E-state index contributed by atoms with van der Waals surface area (Å²) < 4.78 is 10.7. The minimum Gasteiger partial charge on any atom is -0.454 e. The largest absolute Gasteiger partial charge is 0.454 e. The van der Waals surface area contributed by atoms with Crippen molar-refractivity contribution >= 4 is 23.3 Å². The topological polar surface area (TPSA) is 120 Å². The molecule has 38 heavy (non-hydrogen) atoms. The Hall–Kier alpha value is -4.60. The second-order valence-electron chi connectivity index (χ2n) is 9.19. The number of benzene rings is 3. The number of hydrogen-bond acceptors (Lipinski definition) is 8. The summed E-state index contributed by atoms with van der Waals surface area (Å²) in [6, 6.07) is 17.7. The summed E-state index contributed by atoms with van der Waals surface area (Å²) >= 11 is 0. The highest BCUT2D eigenvalue weighted by Gasteiger charge is 2.30. The number of nitro benzene ring substituents is 1. The van der Waals surface area contributed by atoms with Crippen molar-refractivity contribution in [2.45, 2.75) is 44.7 Å². The molecule has 2 aliphatic rings. The smallest absolute Gasteiger partial charge is 0.363 e. The van der Waals surface area contributed by atoms with Crippen molar-refractivity contribution in [2.24, 2.45) is 0 Å². The van der Waals surface area contributed by atoms with Gasteiger partial charge in [-0.1, -0.05) is 43.5 Å². The Morgan fingerprint density at radius 1 is 0.974 bits per heavy atom. The highest BCUT2D eigenvalue weighted by atomic mass is 16.7. The molecule has 10 heteroatoms. The van der Waals surface area contributed by atoms with E-state index in [-0.39, 0.29) is 30.6 Å². The number of rotatable bonds is 8. The van der Waals surface area contributed by atoms with Gasteiger partial charge in [0, 0.05) is 18.7 Å². The summed E-state index contributed by atoms with van der Waals surface area (Å²) in [5.41, 5.74) is 1.25. The zero-order chi connectivity index (χ0) is 26.5. The number of nitrogens with zero attached hydrogens (tertiary/aromatic N) is 2. The Morgan fingerprint density at radius 2 is 1.74 bits per heavy atom. The molecule has 5 rings (SSSR count). The van der Waals surface area contributed by atoms with Gasteiger partial charge in [0.1, 0.15) is 0 Å². The van der Waals surface area contributed by atoms with E-state index in [4.69, 9.17) is 14.3 Å². The van der Waals surface area contributed by atoms with E-state index in [0.717, 1.165) is 37.7 Å². The first-order valence-electron chi connectivity index (χ1n) is 12.5. The molecule has 0 unspecified atom stereocenters. The molecule has 0 saturated heterocycles. The number of amides is 1. The predicted octanol–water partition coefficient (Wildman–Crippen LogP) is 5.16. The molecule has 0 aromatic heterocycles. The molecule has 0 bridgehead atoms. The molecule has 0 atom stereocenters. The lowest BCUT2D eigenvalue weighted by molar-refractivity contribution is -0.384. The van der Waals surface area contributed by atoms with Crippen molar-refractivity contribution in [1.29, 1.82) is 0 Å². The lowest BCUT2D eigenvalue weighted by Gasteiger charge is -2.34. The zero-order valence-electron chi connectivity index (χ0n) is 20.6. The molecule has 0 spiro atoms. The third-order valence-corrected chi connectivity index (χ3v) is 6.66. The van der Waals surface area contributed by atoms with Crippen LogP contribution in [0.5, 0.6) is 11.5 Å². The van der Waals surface area contributed by atoms with Crippen LogP contribution in [0.3, 0.4) is 0 Å². The fourth-order valence-corrected chi connectivity index (χ4v) is 4.69. The SMILES string of the molecule is O=C(ON(c1ccc([N+](=O)[O-])cc1C(=O)NCc1ccc2c(c1)OCO2)C1CCCCC1)c1ccccc1. The average Bonchev–Trinajstić information content (AvgIpc) is 3.43. The highest BCUT2D eigenvalue weighted by Crippen LogP contribution is 2.34. The van der Waals surface area contributed by atoms with Crippen molar-refractivity contribution in [3.8, 4) is 11.5 Å². The maximum absolute atomic E-state index is 13.4. The monoisotopic (exact) mass is 517 g/mol. The summed E-state index contributed by atoms with van der Waals surface area (Å²) in [6.45, 7) is 0.297. The van der Waals surface area contributed by atoms with Gasteiger partial charge in [0.15, 0.2) is 11.5 Å². The van der Waals surface area contributed by atoms with Crippen molar-refractivity contribution in [1.82, 2.24) is 5.32 Å². The van der Waals surface area contributed by atoms with Gasteiger partial charge in [-0.15, -0.1) is 0 Å². The van der Waals surface area contributed by atoms with Gasteiger partial charge in [0.2, 0.25) is 6.79 Å². The number of hydroxylamine groups is 1. The third kappa shape index (κ3) is 5.54. The lowest BCUT2D eigenvalue weighted by atomic mass is 9.94. The first kappa shape index (κ1) is 25.1. The van der Waals surface area contributed by atoms with Gasteiger partial charge in [-0.2, -0.15) is 0 Å². The number of nitro groups is 1. The average molecular weight is 518 g/mol. The van der Waals surface area contributed by atoms with Crippen LogP contribution in [0.15, 0.2) is 66.7 Å². The molecule has 1 saturated carbocycles. The molecule has 196 valence electrons. The van der Waals surface area contributed by atoms with Gasteiger partial charge in [0.25, 0.3) is 11.6 Å².